The molecule has 0 unspecified atom stereocenters. The maximum atomic E-state index is 13.2. The van der Waals surface area contributed by atoms with Gasteiger partial charge >= 0.3 is 7.12 Å². The van der Waals surface area contributed by atoms with Crippen LogP contribution in [0.2, 0.25) is 0 Å². The lowest BCUT2D eigenvalue weighted by Gasteiger charge is -2.12. The number of hydrogen-bond acceptors (Lipinski definition) is 3. The molecule has 2 N–H and O–H groups in total. The highest BCUT2D eigenvalue weighted by atomic mass is 19.1. The maximum Gasteiger partial charge on any atom is 0.492 e. The lowest BCUT2D eigenvalue weighted by atomic mass is 9.79. The fourth-order valence-corrected chi connectivity index (χ4v) is 2.16. The van der Waals surface area contributed by atoms with Crippen LogP contribution in [0.4, 0.5) is 4.39 Å². The molecule has 0 aliphatic rings. The Bertz CT molecular complexity index is 594. The highest BCUT2D eigenvalue weighted by Gasteiger charge is 2.17. The number of halogens is 1. The highest BCUT2D eigenvalue weighted by molar-refractivity contribution is 6.59. The Kier molecular flexibility index (Phi) is 4.42. The van der Waals surface area contributed by atoms with E-state index in [0.29, 0.717) is 0 Å². The van der Waals surface area contributed by atoms with Crippen molar-refractivity contribution in [3.8, 4) is 5.75 Å². The van der Waals surface area contributed by atoms with Gasteiger partial charge in [0.25, 0.3) is 0 Å². The molecular weight excluding hydrogens is 258 g/mol. The van der Waals surface area contributed by atoms with Gasteiger partial charge in [-0.25, -0.2) is 4.39 Å². The van der Waals surface area contributed by atoms with Crippen LogP contribution in [0, 0.1) is 19.7 Å². The van der Waals surface area contributed by atoms with E-state index >= 15 is 0 Å². The molecule has 0 aliphatic heterocycles. The minimum atomic E-state index is -1.69. The SMILES string of the molecule is Cc1cc(C)cc(COc2cc(F)ccc2B(O)O)c1. The van der Waals surface area contributed by atoms with Gasteiger partial charge in [0.1, 0.15) is 18.2 Å². The maximum absolute atomic E-state index is 13.2. The zero-order valence-corrected chi connectivity index (χ0v) is 11.4. The molecule has 0 atom stereocenters. The molecule has 0 fully saturated rings. The molecule has 0 amide bonds. The van der Waals surface area contributed by atoms with Crippen LogP contribution in [0.3, 0.4) is 0 Å². The molecule has 0 saturated heterocycles. The molecule has 5 heteroatoms. The largest absolute Gasteiger partial charge is 0.492 e. The standard InChI is InChI=1S/C15H16BFO3/c1-10-5-11(2)7-12(6-10)9-20-15-8-13(17)3-4-14(15)16(18)19/h3-8,18-19H,9H2,1-2H3. The van der Waals surface area contributed by atoms with Gasteiger partial charge in [-0.2, -0.15) is 0 Å². The van der Waals surface area contributed by atoms with Crippen molar-refractivity contribution in [1.82, 2.24) is 0 Å². The first-order chi connectivity index (χ1) is 9.45. The normalized spacial score (nSPS) is 10.4. The second kappa shape index (κ2) is 6.07. The van der Waals surface area contributed by atoms with Gasteiger partial charge in [0.2, 0.25) is 0 Å². The van der Waals surface area contributed by atoms with E-state index in [1.54, 1.807) is 0 Å². The van der Waals surface area contributed by atoms with Crippen LogP contribution in [0.25, 0.3) is 0 Å². The smallest absolute Gasteiger partial charge is 0.489 e. The molecular formula is C15H16BFO3. The summed E-state index contributed by atoms with van der Waals surface area (Å²) < 4.78 is 18.7. The summed E-state index contributed by atoms with van der Waals surface area (Å²) in [5.74, 6) is -0.344. The van der Waals surface area contributed by atoms with Crippen LogP contribution >= 0.6 is 0 Å². The molecule has 2 aromatic carbocycles. The minimum absolute atomic E-state index is 0.138. The number of aryl methyl sites for hydroxylation is 2. The lowest BCUT2D eigenvalue weighted by Crippen LogP contribution is -2.31. The van der Waals surface area contributed by atoms with Crippen LogP contribution in [0.15, 0.2) is 36.4 Å². The summed E-state index contributed by atoms with van der Waals surface area (Å²) in [4.78, 5) is 0. The third-order valence-corrected chi connectivity index (χ3v) is 2.93. The Hall–Kier alpha value is -1.85. The van der Waals surface area contributed by atoms with E-state index in [1.807, 2.05) is 26.0 Å². The first kappa shape index (κ1) is 14.6. The highest BCUT2D eigenvalue weighted by Crippen LogP contribution is 2.15. The van der Waals surface area contributed by atoms with Crippen LogP contribution in [-0.4, -0.2) is 17.2 Å². The van der Waals surface area contributed by atoms with E-state index in [4.69, 9.17) is 4.74 Å². The van der Waals surface area contributed by atoms with E-state index in [2.05, 4.69) is 6.07 Å². The van der Waals surface area contributed by atoms with Gasteiger partial charge in [0.05, 0.1) is 0 Å². The van der Waals surface area contributed by atoms with Gasteiger partial charge in [-0.3, -0.25) is 0 Å². The van der Waals surface area contributed by atoms with Crippen molar-refractivity contribution >= 4 is 12.6 Å². The van der Waals surface area contributed by atoms with E-state index in [9.17, 15) is 14.4 Å². The number of ether oxygens (including phenoxy) is 1. The summed E-state index contributed by atoms with van der Waals surface area (Å²) in [7, 11) is -1.69. The van der Waals surface area contributed by atoms with Crippen molar-refractivity contribution in [2.45, 2.75) is 20.5 Å². The molecule has 3 nitrogen and oxygen atoms in total. The molecule has 0 heterocycles. The fourth-order valence-electron chi connectivity index (χ4n) is 2.16. The molecule has 0 aromatic heterocycles. The van der Waals surface area contributed by atoms with Crippen molar-refractivity contribution in [2.24, 2.45) is 0 Å². The van der Waals surface area contributed by atoms with Gasteiger partial charge in [-0.05, 0) is 25.5 Å². The summed E-state index contributed by atoms with van der Waals surface area (Å²) in [5, 5.41) is 18.5. The monoisotopic (exact) mass is 274 g/mol. The molecule has 0 saturated carbocycles. The van der Waals surface area contributed by atoms with Crippen molar-refractivity contribution in [1.29, 1.82) is 0 Å². The first-order valence-electron chi connectivity index (χ1n) is 6.31. The molecule has 0 radical (unpaired) electrons. The molecule has 0 spiro atoms. The number of rotatable bonds is 4. The van der Waals surface area contributed by atoms with Gasteiger partial charge in [-0.1, -0.05) is 35.4 Å². The summed E-state index contributed by atoms with van der Waals surface area (Å²) in [6, 6.07) is 9.62. The van der Waals surface area contributed by atoms with E-state index in [0.717, 1.165) is 22.8 Å². The third-order valence-electron chi connectivity index (χ3n) is 2.93. The predicted octanol–water partition coefficient (Wildman–Crippen LogP) is 1.70. The lowest BCUT2D eigenvalue weighted by molar-refractivity contribution is 0.305. The van der Waals surface area contributed by atoms with Crippen LogP contribution in [0.5, 0.6) is 5.75 Å². The van der Waals surface area contributed by atoms with Crippen LogP contribution in [0.1, 0.15) is 16.7 Å². The van der Waals surface area contributed by atoms with Crippen molar-refractivity contribution in [3.63, 3.8) is 0 Å². The van der Waals surface area contributed by atoms with Crippen LogP contribution < -0.4 is 10.2 Å². The van der Waals surface area contributed by atoms with Crippen LogP contribution in [-0.2, 0) is 6.61 Å². The van der Waals surface area contributed by atoms with Crippen molar-refractivity contribution < 1.29 is 19.2 Å². The quantitative estimate of drug-likeness (QED) is 0.834. The average molecular weight is 274 g/mol. The predicted molar refractivity (Wildman–Crippen MR) is 76.5 cm³/mol. The molecule has 2 rings (SSSR count). The molecule has 0 bridgehead atoms. The Morgan fingerprint density at radius 1 is 1.05 bits per heavy atom. The van der Waals surface area contributed by atoms with Crippen molar-refractivity contribution in [3.05, 3.63) is 58.9 Å². The number of benzene rings is 2. The summed E-state index contributed by atoms with van der Waals surface area (Å²) >= 11 is 0. The van der Waals surface area contributed by atoms with Gasteiger partial charge in [0, 0.05) is 11.5 Å². The second-order valence-electron chi connectivity index (χ2n) is 4.84. The number of hydrogen-bond donors (Lipinski definition) is 2. The average Bonchev–Trinajstić information content (AvgIpc) is 2.35. The Balaban J connectivity index is 2.20. The zero-order valence-electron chi connectivity index (χ0n) is 11.4. The van der Waals surface area contributed by atoms with Gasteiger partial charge in [-0.15, -0.1) is 0 Å². The second-order valence-corrected chi connectivity index (χ2v) is 4.84. The Morgan fingerprint density at radius 2 is 1.70 bits per heavy atom. The topological polar surface area (TPSA) is 49.7 Å². The summed E-state index contributed by atoms with van der Waals surface area (Å²) in [6.07, 6.45) is 0. The molecule has 104 valence electrons. The fraction of sp³-hybridized carbons (Fsp3) is 0.200. The minimum Gasteiger partial charge on any atom is -0.489 e. The van der Waals surface area contributed by atoms with Crippen molar-refractivity contribution in [2.75, 3.05) is 0 Å². The third kappa shape index (κ3) is 3.59. The Morgan fingerprint density at radius 3 is 2.30 bits per heavy atom. The summed E-state index contributed by atoms with van der Waals surface area (Å²) in [5.41, 5.74) is 3.33. The van der Waals surface area contributed by atoms with Gasteiger partial charge in [0.15, 0.2) is 0 Å². The zero-order chi connectivity index (χ0) is 14.7. The molecule has 20 heavy (non-hydrogen) atoms. The van der Waals surface area contributed by atoms with E-state index in [-0.39, 0.29) is 17.8 Å². The summed E-state index contributed by atoms with van der Waals surface area (Å²) in [6.45, 7) is 4.22. The van der Waals surface area contributed by atoms with E-state index < -0.39 is 12.9 Å². The molecule has 2 aromatic rings. The van der Waals surface area contributed by atoms with E-state index in [1.165, 1.54) is 12.1 Å². The Labute approximate surface area is 117 Å². The van der Waals surface area contributed by atoms with Gasteiger partial charge < -0.3 is 14.8 Å². The molecule has 0 aliphatic carbocycles. The first-order valence-corrected chi connectivity index (χ1v) is 6.31.